The Labute approximate surface area is 85.6 Å². The van der Waals surface area contributed by atoms with Crippen molar-refractivity contribution in [1.29, 1.82) is 0 Å². The van der Waals surface area contributed by atoms with E-state index in [1.165, 1.54) is 10.4 Å². The van der Waals surface area contributed by atoms with Crippen LogP contribution in [0.2, 0.25) is 0 Å². The van der Waals surface area contributed by atoms with Crippen LogP contribution in [0.3, 0.4) is 0 Å². The van der Waals surface area contributed by atoms with Crippen molar-refractivity contribution >= 4 is 27.3 Å². The van der Waals surface area contributed by atoms with Gasteiger partial charge < -0.3 is 5.11 Å². The van der Waals surface area contributed by atoms with Crippen LogP contribution in [0.5, 0.6) is 0 Å². The summed E-state index contributed by atoms with van der Waals surface area (Å²) in [7, 11) is 0. The highest BCUT2D eigenvalue weighted by atomic mass is 79.9. The molecule has 0 fully saturated rings. The van der Waals surface area contributed by atoms with Gasteiger partial charge in [0.25, 0.3) is 0 Å². The zero-order valence-corrected chi connectivity index (χ0v) is 9.92. The van der Waals surface area contributed by atoms with Crippen molar-refractivity contribution < 1.29 is 5.11 Å². The molecule has 0 saturated heterocycles. The molecule has 0 aliphatic carbocycles. The van der Waals surface area contributed by atoms with E-state index in [1.54, 1.807) is 11.3 Å². The normalized spacial score (nSPS) is 12.1. The summed E-state index contributed by atoms with van der Waals surface area (Å²) in [6, 6.07) is 0. The van der Waals surface area contributed by atoms with E-state index in [0.717, 1.165) is 4.47 Å². The third-order valence-corrected chi connectivity index (χ3v) is 4.03. The Hall–Kier alpha value is 0.140. The fraction of sp³-hybridized carbons (Fsp3) is 0.556. The average Bonchev–Trinajstić information content (AvgIpc) is 2.16. The fourth-order valence-corrected chi connectivity index (χ4v) is 2.82. The molecule has 0 spiro atoms. The minimum Gasteiger partial charge on any atom is -0.390 e. The predicted octanol–water partition coefficient (Wildman–Crippen LogP) is 3.13. The molecule has 0 aromatic carbocycles. The smallest absolute Gasteiger partial charge is 0.0640 e. The molecule has 1 nitrogen and oxygen atoms in total. The van der Waals surface area contributed by atoms with Gasteiger partial charge in [-0.2, -0.15) is 0 Å². The van der Waals surface area contributed by atoms with E-state index in [1.807, 2.05) is 13.8 Å². The molecule has 0 amide bonds. The largest absolute Gasteiger partial charge is 0.390 e. The zero-order valence-electron chi connectivity index (χ0n) is 7.52. The van der Waals surface area contributed by atoms with Gasteiger partial charge in [0.05, 0.1) is 5.60 Å². The number of rotatable bonds is 2. The van der Waals surface area contributed by atoms with Gasteiger partial charge in [0.2, 0.25) is 0 Å². The molecular weight excluding hydrogens is 236 g/mol. The fourth-order valence-electron chi connectivity index (χ4n) is 0.995. The van der Waals surface area contributed by atoms with E-state index >= 15 is 0 Å². The molecule has 0 unspecified atom stereocenters. The number of thiophene rings is 1. The summed E-state index contributed by atoms with van der Waals surface area (Å²) >= 11 is 5.20. The van der Waals surface area contributed by atoms with Crippen molar-refractivity contribution in [3.63, 3.8) is 0 Å². The van der Waals surface area contributed by atoms with Gasteiger partial charge in [-0.1, -0.05) is 0 Å². The minimum absolute atomic E-state index is 0.611. The molecule has 0 saturated carbocycles. The van der Waals surface area contributed by atoms with Gasteiger partial charge in [0, 0.05) is 15.8 Å². The maximum atomic E-state index is 9.59. The Morgan fingerprint density at radius 2 is 2.17 bits per heavy atom. The SMILES string of the molecule is Cc1csc(CC(C)(C)O)c1Br. The van der Waals surface area contributed by atoms with Crippen LogP contribution in [-0.2, 0) is 6.42 Å². The molecule has 1 aromatic heterocycles. The summed E-state index contributed by atoms with van der Waals surface area (Å²) in [4.78, 5) is 1.22. The van der Waals surface area contributed by atoms with Crippen LogP contribution in [0.4, 0.5) is 0 Å². The van der Waals surface area contributed by atoms with Gasteiger partial charge in [-0.25, -0.2) is 0 Å². The highest BCUT2D eigenvalue weighted by Crippen LogP contribution is 2.30. The van der Waals surface area contributed by atoms with Gasteiger partial charge in [0.15, 0.2) is 0 Å². The zero-order chi connectivity index (χ0) is 9.35. The number of hydrogen-bond donors (Lipinski definition) is 1. The van der Waals surface area contributed by atoms with E-state index in [4.69, 9.17) is 0 Å². The number of aliphatic hydroxyl groups is 1. The summed E-state index contributed by atoms with van der Waals surface area (Å²) < 4.78 is 1.15. The standard InChI is InChI=1S/C9H13BrOS/c1-6-5-12-7(8(6)10)4-9(2,3)11/h5,11H,4H2,1-3H3. The van der Waals surface area contributed by atoms with Crippen molar-refractivity contribution in [2.24, 2.45) is 0 Å². The Kier molecular flexibility index (Phi) is 2.97. The number of aryl methyl sites for hydroxylation is 1. The molecule has 68 valence electrons. The second kappa shape index (κ2) is 3.48. The van der Waals surface area contributed by atoms with E-state index in [9.17, 15) is 5.11 Å². The molecule has 0 aliphatic heterocycles. The molecule has 1 heterocycles. The second-order valence-corrected chi connectivity index (χ2v) is 5.40. The Morgan fingerprint density at radius 3 is 2.50 bits per heavy atom. The molecule has 1 rings (SSSR count). The molecule has 1 N–H and O–H groups in total. The van der Waals surface area contributed by atoms with Crippen molar-refractivity contribution in [2.45, 2.75) is 32.8 Å². The van der Waals surface area contributed by atoms with Gasteiger partial charge in [0.1, 0.15) is 0 Å². The minimum atomic E-state index is -0.611. The Balaban J connectivity index is 2.83. The molecule has 12 heavy (non-hydrogen) atoms. The highest BCUT2D eigenvalue weighted by molar-refractivity contribution is 9.10. The molecule has 0 radical (unpaired) electrons. The maximum Gasteiger partial charge on any atom is 0.0640 e. The number of halogens is 1. The first kappa shape index (κ1) is 10.2. The summed E-state index contributed by atoms with van der Waals surface area (Å²) in [5, 5.41) is 11.7. The van der Waals surface area contributed by atoms with E-state index < -0.39 is 5.60 Å². The van der Waals surface area contributed by atoms with Crippen LogP contribution in [0, 0.1) is 6.92 Å². The summed E-state index contributed by atoms with van der Waals surface area (Å²) in [5.41, 5.74) is 0.638. The molecule has 0 aliphatic rings. The van der Waals surface area contributed by atoms with Crippen LogP contribution in [0.15, 0.2) is 9.85 Å². The van der Waals surface area contributed by atoms with E-state index in [0.29, 0.717) is 6.42 Å². The van der Waals surface area contributed by atoms with Gasteiger partial charge in [-0.3, -0.25) is 0 Å². The molecular formula is C9H13BrOS. The van der Waals surface area contributed by atoms with E-state index in [2.05, 4.69) is 28.2 Å². The third-order valence-electron chi connectivity index (χ3n) is 1.56. The average molecular weight is 249 g/mol. The quantitative estimate of drug-likeness (QED) is 0.853. The van der Waals surface area contributed by atoms with Crippen LogP contribution < -0.4 is 0 Å². The first-order valence-corrected chi connectivity index (χ1v) is 5.52. The molecule has 0 bridgehead atoms. The summed E-state index contributed by atoms with van der Waals surface area (Å²) in [5.74, 6) is 0. The van der Waals surface area contributed by atoms with Crippen molar-refractivity contribution in [1.82, 2.24) is 0 Å². The van der Waals surface area contributed by atoms with Gasteiger partial charge in [-0.15, -0.1) is 11.3 Å². The van der Waals surface area contributed by atoms with E-state index in [-0.39, 0.29) is 0 Å². The Morgan fingerprint density at radius 1 is 1.58 bits per heavy atom. The van der Waals surface area contributed by atoms with Crippen LogP contribution in [-0.4, -0.2) is 10.7 Å². The topological polar surface area (TPSA) is 20.2 Å². The van der Waals surface area contributed by atoms with Gasteiger partial charge in [-0.05, 0) is 47.6 Å². The lowest BCUT2D eigenvalue weighted by Gasteiger charge is -2.15. The first-order chi connectivity index (χ1) is 5.40. The van der Waals surface area contributed by atoms with Crippen molar-refractivity contribution in [2.75, 3.05) is 0 Å². The van der Waals surface area contributed by atoms with Crippen LogP contribution in [0.1, 0.15) is 24.3 Å². The predicted molar refractivity (Wildman–Crippen MR) is 56.8 cm³/mol. The monoisotopic (exact) mass is 248 g/mol. The first-order valence-electron chi connectivity index (χ1n) is 3.85. The molecule has 3 heteroatoms. The van der Waals surface area contributed by atoms with Crippen LogP contribution in [0.25, 0.3) is 0 Å². The lowest BCUT2D eigenvalue weighted by molar-refractivity contribution is 0.0817. The third kappa shape index (κ3) is 2.57. The highest BCUT2D eigenvalue weighted by Gasteiger charge is 2.17. The lowest BCUT2D eigenvalue weighted by Crippen LogP contribution is -2.21. The Bertz CT molecular complexity index is 273. The van der Waals surface area contributed by atoms with Crippen molar-refractivity contribution in [3.05, 3.63) is 20.3 Å². The summed E-state index contributed by atoms with van der Waals surface area (Å²) in [6.07, 6.45) is 0.714. The molecule has 1 aromatic rings. The summed E-state index contributed by atoms with van der Waals surface area (Å²) in [6.45, 7) is 5.72. The lowest BCUT2D eigenvalue weighted by atomic mass is 10.0. The molecule has 0 atom stereocenters. The van der Waals surface area contributed by atoms with Crippen molar-refractivity contribution in [3.8, 4) is 0 Å². The maximum absolute atomic E-state index is 9.59. The van der Waals surface area contributed by atoms with Gasteiger partial charge >= 0.3 is 0 Å². The number of hydrogen-bond acceptors (Lipinski definition) is 2. The van der Waals surface area contributed by atoms with Crippen LogP contribution >= 0.6 is 27.3 Å². The second-order valence-electron chi connectivity index (χ2n) is 3.65.